The molecule has 0 bridgehead atoms. The zero-order valence-electron chi connectivity index (χ0n) is 11.2. The Hall–Kier alpha value is -1.91. The largest absolute Gasteiger partial charge is 0.437 e. The molecule has 0 saturated heterocycles. The monoisotopic (exact) mass is 249 g/mol. The molecular formula is C13H19N3O2+2. The molecule has 0 amide bonds. The van der Waals surface area contributed by atoms with Gasteiger partial charge in [0.2, 0.25) is 5.69 Å². The van der Waals surface area contributed by atoms with Crippen molar-refractivity contribution < 1.29 is 19.1 Å². The molecule has 1 aliphatic rings. The number of likely N-dealkylation sites (N-methyl/N-ethyl adjacent to an activating group) is 1. The third-order valence-corrected chi connectivity index (χ3v) is 3.41. The van der Waals surface area contributed by atoms with Crippen LogP contribution >= 0.6 is 0 Å². The summed E-state index contributed by atoms with van der Waals surface area (Å²) in [6, 6.07) is 3.91. The first-order valence-electron chi connectivity index (χ1n) is 5.87. The molecule has 0 aliphatic carbocycles. The number of aryl methyl sites for hydroxylation is 1. The van der Waals surface area contributed by atoms with Crippen LogP contribution in [0.4, 0.5) is 0 Å². The lowest BCUT2D eigenvalue weighted by Gasteiger charge is -2.09. The van der Waals surface area contributed by atoms with Gasteiger partial charge in [-0.2, -0.15) is 9.14 Å². The second-order valence-electron chi connectivity index (χ2n) is 5.13. The topological polar surface area (TPSA) is 48.7 Å². The highest BCUT2D eigenvalue weighted by Gasteiger charge is 2.42. The van der Waals surface area contributed by atoms with E-state index in [0.717, 1.165) is 17.2 Å². The molecule has 1 aliphatic heterocycles. The maximum atomic E-state index is 8.77. The summed E-state index contributed by atoms with van der Waals surface area (Å²) in [6.07, 6.45) is 3.33. The average molecular weight is 249 g/mol. The van der Waals surface area contributed by atoms with E-state index in [0.29, 0.717) is 6.61 Å². The Kier molecular flexibility index (Phi) is 3.07. The summed E-state index contributed by atoms with van der Waals surface area (Å²) in [6.45, 7) is 4.90. The number of hydrogen-bond acceptors (Lipinski definition) is 3. The fourth-order valence-corrected chi connectivity index (χ4v) is 1.99. The van der Waals surface area contributed by atoms with Crippen LogP contribution in [0, 0.1) is 0 Å². The highest BCUT2D eigenvalue weighted by atomic mass is 16.5. The molecule has 0 saturated carbocycles. The standard InChI is InChI=1S/C13H18N3O2/c1-13(2)9-18-12(16(13)4)10-6-5-7-15(3)11(10)8-14-17/h5-8H,9H2,1-4H3/q+1/p+1. The van der Waals surface area contributed by atoms with E-state index in [1.807, 2.05) is 37.0 Å². The Morgan fingerprint density at radius 1 is 1.44 bits per heavy atom. The van der Waals surface area contributed by atoms with Crippen molar-refractivity contribution in [1.29, 1.82) is 0 Å². The van der Waals surface area contributed by atoms with E-state index < -0.39 is 0 Å². The quantitative estimate of drug-likeness (QED) is 0.359. The highest BCUT2D eigenvalue weighted by Crippen LogP contribution is 2.19. The minimum absolute atomic E-state index is 0.0304. The van der Waals surface area contributed by atoms with Gasteiger partial charge in [0, 0.05) is 19.9 Å². The normalized spacial score (nSPS) is 18.4. The summed E-state index contributed by atoms with van der Waals surface area (Å²) in [5, 5.41) is 11.9. The van der Waals surface area contributed by atoms with Crippen molar-refractivity contribution in [3.05, 3.63) is 29.6 Å². The number of nitrogens with zero attached hydrogens (tertiary/aromatic N) is 3. The molecule has 1 N–H and O–H groups in total. The number of hydrogen-bond donors (Lipinski definition) is 1. The van der Waals surface area contributed by atoms with Crippen LogP contribution < -0.4 is 4.57 Å². The lowest BCUT2D eigenvalue weighted by atomic mass is 10.1. The van der Waals surface area contributed by atoms with Crippen LogP contribution in [-0.2, 0) is 11.8 Å². The summed E-state index contributed by atoms with van der Waals surface area (Å²) in [5.41, 5.74) is 1.70. The summed E-state index contributed by atoms with van der Waals surface area (Å²) < 4.78 is 9.80. The summed E-state index contributed by atoms with van der Waals surface area (Å²) in [5.74, 6) is 0.811. The Morgan fingerprint density at radius 3 is 2.72 bits per heavy atom. The lowest BCUT2D eigenvalue weighted by Crippen LogP contribution is -2.37. The van der Waals surface area contributed by atoms with E-state index in [9.17, 15) is 0 Å². The molecule has 0 unspecified atom stereocenters. The molecule has 1 aromatic heterocycles. The van der Waals surface area contributed by atoms with Gasteiger partial charge in [-0.05, 0) is 6.07 Å². The predicted octanol–water partition coefficient (Wildman–Crippen LogP) is 0.517. The van der Waals surface area contributed by atoms with Gasteiger partial charge < -0.3 is 9.94 Å². The molecule has 0 atom stereocenters. The molecule has 5 nitrogen and oxygen atoms in total. The smallest absolute Gasteiger partial charge is 0.377 e. The van der Waals surface area contributed by atoms with E-state index >= 15 is 0 Å². The fourth-order valence-electron chi connectivity index (χ4n) is 1.99. The van der Waals surface area contributed by atoms with Crippen molar-refractivity contribution in [3.63, 3.8) is 0 Å². The second kappa shape index (κ2) is 4.40. The van der Waals surface area contributed by atoms with Crippen LogP contribution in [0.3, 0.4) is 0 Å². The van der Waals surface area contributed by atoms with Crippen LogP contribution in [0.1, 0.15) is 25.1 Å². The van der Waals surface area contributed by atoms with Gasteiger partial charge in [-0.3, -0.25) is 0 Å². The van der Waals surface area contributed by atoms with Crippen LogP contribution in [0.2, 0.25) is 0 Å². The van der Waals surface area contributed by atoms with E-state index in [-0.39, 0.29) is 5.54 Å². The predicted molar refractivity (Wildman–Crippen MR) is 67.3 cm³/mol. The van der Waals surface area contributed by atoms with Gasteiger partial charge in [0.05, 0.1) is 0 Å². The Bertz CT molecular complexity index is 533. The van der Waals surface area contributed by atoms with Gasteiger partial charge in [-0.25, -0.2) is 0 Å². The molecule has 2 heterocycles. The Labute approximate surface area is 107 Å². The van der Waals surface area contributed by atoms with Crippen molar-refractivity contribution in [3.8, 4) is 0 Å². The van der Waals surface area contributed by atoms with E-state index in [2.05, 4.69) is 23.6 Å². The second-order valence-corrected chi connectivity index (χ2v) is 5.13. The molecule has 1 aromatic rings. The Morgan fingerprint density at radius 2 is 2.17 bits per heavy atom. The van der Waals surface area contributed by atoms with Crippen molar-refractivity contribution in [1.82, 2.24) is 0 Å². The molecule has 18 heavy (non-hydrogen) atoms. The summed E-state index contributed by atoms with van der Waals surface area (Å²) in [4.78, 5) is 0. The number of oxime groups is 1. The average Bonchev–Trinajstić information content (AvgIpc) is 2.58. The summed E-state index contributed by atoms with van der Waals surface area (Å²) >= 11 is 0. The van der Waals surface area contributed by atoms with Crippen LogP contribution in [0.25, 0.3) is 0 Å². The molecular weight excluding hydrogens is 230 g/mol. The molecule has 0 fully saturated rings. The third kappa shape index (κ3) is 1.96. The van der Waals surface area contributed by atoms with Crippen molar-refractivity contribution in [2.24, 2.45) is 12.2 Å². The molecule has 0 spiro atoms. The van der Waals surface area contributed by atoms with Gasteiger partial charge in [-0.1, -0.05) is 5.16 Å². The first kappa shape index (κ1) is 12.5. The number of pyridine rings is 1. The zero-order valence-corrected chi connectivity index (χ0v) is 11.2. The number of aromatic nitrogens is 1. The minimum atomic E-state index is -0.0304. The Balaban J connectivity index is 2.60. The van der Waals surface area contributed by atoms with E-state index in [1.54, 1.807) is 0 Å². The van der Waals surface area contributed by atoms with Gasteiger partial charge in [-0.15, -0.1) is 0 Å². The first-order valence-corrected chi connectivity index (χ1v) is 5.87. The lowest BCUT2D eigenvalue weighted by molar-refractivity contribution is -0.672. The summed E-state index contributed by atoms with van der Waals surface area (Å²) in [7, 11) is 3.91. The SMILES string of the molecule is C[N+]1=C(c2ccc[n+](C)c2C=NO)OCC1(C)C. The molecule has 96 valence electrons. The van der Waals surface area contributed by atoms with Gasteiger partial charge in [0.25, 0.3) is 0 Å². The molecule has 5 heteroatoms. The van der Waals surface area contributed by atoms with Crippen molar-refractivity contribution in [2.75, 3.05) is 13.7 Å². The zero-order chi connectivity index (χ0) is 13.3. The first-order chi connectivity index (χ1) is 8.47. The number of ether oxygens (including phenoxy) is 1. The van der Waals surface area contributed by atoms with E-state index in [4.69, 9.17) is 9.94 Å². The molecule has 0 aromatic carbocycles. The van der Waals surface area contributed by atoms with Crippen molar-refractivity contribution >= 4 is 12.1 Å². The molecule has 0 radical (unpaired) electrons. The van der Waals surface area contributed by atoms with Crippen molar-refractivity contribution in [2.45, 2.75) is 19.4 Å². The van der Waals surface area contributed by atoms with Crippen LogP contribution in [-0.4, -0.2) is 41.1 Å². The minimum Gasteiger partial charge on any atom is -0.437 e. The van der Waals surface area contributed by atoms with Gasteiger partial charge in [0.15, 0.2) is 23.9 Å². The van der Waals surface area contributed by atoms with Crippen LogP contribution in [0.5, 0.6) is 0 Å². The van der Waals surface area contributed by atoms with Gasteiger partial charge >= 0.3 is 5.90 Å². The highest BCUT2D eigenvalue weighted by molar-refractivity contribution is 5.98. The van der Waals surface area contributed by atoms with Gasteiger partial charge in [0.1, 0.15) is 20.3 Å². The third-order valence-electron chi connectivity index (χ3n) is 3.41. The fraction of sp³-hybridized carbons (Fsp3) is 0.462. The van der Waals surface area contributed by atoms with E-state index in [1.165, 1.54) is 6.21 Å². The number of rotatable bonds is 2. The maximum absolute atomic E-state index is 8.77. The maximum Gasteiger partial charge on any atom is 0.377 e. The molecule has 2 rings (SSSR count). The van der Waals surface area contributed by atoms with Crippen LogP contribution in [0.15, 0.2) is 23.5 Å².